The molecule has 2 unspecified atom stereocenters. The van der Waals surface area contributed by atoms with E-state index in [1.54, 1.807) is 24.3 Å². The van der Waals surface area contributed by atoms with E-state index in [2.05, 4.69) is 129 Å². The Morgan fingerprint density at radius 2 is 0.759 bits per heavy atom. The van der Waals surface area contributed by atoms with Crippen LogP contribution in [0.5, 0.6) is 0 Å². The van der Waals surface area contributed by atoms with Gasteiger partial charge in [-0.1, -0.05) is 191 Å². The van der Waals surface area contributed by atoms with Crippen LogP contribution in [0.25, 0.3) is 11.1 Å². The van der Waals surface area contributed by atoms with Crippen molar-refractivity contribution in [2.24, 2.45) is 102 Å². The van der Waals surface area contributed by atoms with Gasteiger partial charge in [0.05, 0.1) is 34.1 Å². The standard InChI is InChI=1S/2C48H64N2O5S/c2*1-31(2)35-19-24-48(49-42(51)41(33-11-9-8-10-12-33)50-27-29-56(54,55)30-28-50)26-25-46(6)37(40(35)48)17-18-39-45(5)22-20-36(32-13-15-34(16-14-32)43(52)53)44(3,4)38(45)21-23-47(39,46)7/h2*8-16,20,35,37-41H,1,17-19,21-30H2,2-7H3,(H,49,51)(H,52,53)/t2*35-,37+,38-,39+,40+,41?,45-,46+,47+,48-/m00/s1. The molecule has 4 aromatic carbocycles. The maximum Gasteiger partial charge on any atom is 0.335 e. The first-order chi connectivity index (χ1) is 52.7. The Bertz CT molecular complexity index is 4350. The van der Waals surface area contributed by atoms with Gasteiger partial charge in [0.2, 0.25) is 11.8 Å². The summed E-state index contributed by atoms with van der Waals surface area (Å²) in [6, 6.07) is 33.9. The van der Waals surface area contributed by atoms with Gasteiger partial charge < -0.3 is 20.8 Å². The van der Waals surface area contributed by atoms with Crippen LogP contribution in [0.4, 0.5) is 0 Å². The molecule has 20 atom stereocenters. The Labute approximate surface area is 669 Å². The second kappa shape index (κ2) is 28.7. The molecule has 14 nitrogen and oxygen atoms in total. The van der Waals surface area contributed by atoms with Gasteiger partial charge in [0, 0.05) is 37.3 Å². The Hall–Kier alpha value is -6.46. The van der Waals surface area contributed by atoms with Crippen LogP contribution >= 0.6 is 0 Å². The van der Waals surface area contributed by atoms with Gasteiger partial charge >= 0.3 is 11.9 Å². The summed E-state index contributed by atoms with van der Waals surface area (Å²) in [5.74, 6) is 3.05. The van der Waals surface area contributed by atoms with Gasteiger partial charge in [-0.3, -0.25) is 19.4 Å². The fourth-order valence-corrected chi connectivity index (χ4v) is 31.9. The highest BCUT2D eigenvalue weighted by Crippen LogP contribution is 2.79. The molecular formula is C96H128N4O10S2. The van der Waals surface area contributed by atoms with Crippen molar-refractivity contribution in [3.05, 3.63) is 179 Å². The summed E-state index contributed by atoms with van der Waals surface area (Å²) in [6.45, 7) is 40.5. The van der Waals surface area contributed by atoms with E-state index in [-0.39, 0.29) is 89.2 Å². The van der Waals surface area contributed by atoms with Crippen molar-refractivity contribution in [2.45, 2.75) is 222 Å². The Balaban J connectivity index is 0.000000177. The van der Waals surface area contributed by atoms with Gasteiger partial charge in [-0.05, 0) is 290 Å². The summed E-state index contributed by atoms with van der Waals surface area (Å²) >= 11 is 0. The number of carbonyl (C=O) groups excluding carboxylic acids is 2. The lowest BCUT2D eigenvalue weighted by Gasteiger charge is -2.72. The molecule has 10 aliphatic carbocycles. The number of amides is 2. The molecule has 4 N–H and O–H groups in total. The molecule has 0 radical (unpaired) electrons. The van der Waals surface area contributed by atoms with Crippen molar-refractivity contribution in [2.75, 3.05) is 49.2 Å². The van der Waals surface area contributed by atoms with Crippen molar-refractivity contribution in [3.63, 3.8) is 0 Å². The summed E-state index contributed by atoms with van der Waals surface area (Å²) in [5.41, 5.74) is 10.1. The maximum absolute atomic E-state index is 14.9. The van der Waals surface area contributed by atoms with E-state index in [9.17, 15) is 46.2 Å². The van der Waals surface area contributed by atoms with E-state index >= 15 is 0 Å². The van der Waals surface area contributed by atoms with Crippen LogP contribution in [0.3, 0.4) is 0 Å². The van der Waals surface area contributed by atoms with Gasteiger partial charge in [0.1, 0.15) is 12.1 Å². The fraction of sp³-hybridized carbons (Fsp3) is 0.625. The van der Waals surface area contributed by atoms with Crippen LogP contribution in [0, 0.1) is 102 Å². The molecule has 12 aliphatic rings. The lowest BCUT2D eigenvalue weighted by atomic mass is 9.33. The summed E-state index contributed by atoms with van der Waals surface area (Å²) in [5, 5.41) is 26.7. The van der Waals surface area contributed by atoms with Crippen molar-refractivity contribution in [3.8, 4) is 0 Å². The van der Waals surface area contributed by atoms with E-state index in [1.165, 1.54) is 60.8 Å². The third-order valence-corrected chi connectivity index (χ3v) is 38.4. The summed E-state index contributed by atoms with van der Waals surface area (Å²) < 4.78 is 49.8. The third-order valence-electron chi connectivity index (χ3n) is 35.1. The predicted octanol–water partition coefficient (Wildman–Crippen LogP) is 18.8. The van der Waals surface area contributed by atoms with E-state index in [1.807, 2.05) is 84.9 Å². The molecule has 112 heavy (non-hydrogen) atoms. The van der Waals surface area contributed by atoms with Crippen LogP contribution in [-0.4, -0.2) is 121 Å². The molecule has 8 saturated carbocycles. The molecule has 2 heterocycles. The SMILES string of the molecule is C=C(C)[C@@H]1CC[C@]2(NC(=O)C(c3ccccc3)N3CCS(=O)(=O)CC3)CC[C@]3(C)[C@H](CC[C@@H]4[C@@]5(C)CC=C(c6ccc(C(=O)O)cc6)C(C)(C)[C@@H]5CC[C@]43C)[C@@H]12.C=C(C)[C@@H]1CC[C@]2(NC(=O)C(c3ccccc3)N3CCS(=O)(=O)CC3)CC[C@]3(C)[C@H](CC[C@@H]4[C@@]5(C)CC=C(c6ccc(C(=O)O)cc6)C(C)(C)[C@@H]5CC[C@]43C)[C@@H]12. The summed E-state index contributed by atoms with van der Waals surface area (Å²) in [4.78, 5) is 57.2. The lowest BCUT2D eigenvalue weighted by molar-refractivity contribution is -0.219. The van der Waals surface area contributed by atoms with Gasteiger partial charge in [-0.15, -0.1) is 0 Å². The molecule has 604 valence electrons. The smallest absolute Gasteiger partial charge is 0.335 e. The zero-order chi connectivity index (χ0) is 80.1. The summed E-state index contributed by atoms with van der Waals surface area (Å²) in [7, 11) is -6.19. The van der Waals surface area contributed by atoms with Crippen molar-refractivity contribution in [1.29, 1.82) is 0 Å². The minimum Gasteiger partial charge on any atom is -0.478 e. The second-order valence-electron chi connectivity index (χ2n) is 40.5. The highest BCUT2D eigenvalue weighted by atomic mass is 32.2. The molecule has 10 fully saturated rings. The van der Waals surface area contributed by atoms with Crippen molar-refractivity contribution in [1.82, 2.24) is 20.4 Å². The minimum atomic E-state index is -3.09. The van der Waals surface area contributed by atoms with Gasteiger partial charge in [-0.2, -0.15) is 0 Å². The topological polar surface area (TPSA) is 208 Å². The number of fused-ring (bicyclic) bond motifs is 14. The van der Waals surface area contributed by atoms with E-state index in [4.69, 9.17) is 0 Å². The van der Waals surface area contributed by atoms with Crippen molar-refractivity contribution < 1.29 is 46.2 Å². The van der Waals surface area contributed by atoms with Gasteiger partial charge in [0.25, 0.3) is 0 Å². The second-order valence-corrected chi connectivity index (χ2v) is 45.1. The van der Waals surface area contributed by atoms with E-state index in [0.29, 0.717) is 96.5 Å². The number of rotatable bonds is 14. The highest BCUT2D eigenvalue weighted by molar-refractivity contribution is 7.91. The van der Waals surface area contributed by atoms with Crippen LogP contribution in [0.2, 0.25) is 0 Å². The molecule has 0 aromatic heterocycles. The number of hydrogen-bond acceptors (Lipinski definition) is 10. The normalized spacial score (nSPS) is 39.1. The first kappa shape index (κ1) is 80.7. The minimum absolute atomic E-state index is 0.0176. The molecule has 4 aromatic rings. The average Bonchev–Trinajstić information content (AvgIpc) is 1.64. The molecular weight excluding hydrogens is 1430 g/mol. The fourth-order valence-electron chi connectivity index (χ4n) is 29.4. The zero-order valence-corrected chi connectivity index (χ0v) is 70.8. The number of carboxylic acid groups (broad SMARTS) is 2. The first-order valence-electron chi connectivity index (χ1n) is 42.8. The number of allylic oxidation sites excluding steroid dienone is 6. The third kappa shape index (κ3) is 13.0. The van der Waals surface area contributed by atoms with Crippen LogP contribution in [0.15, 0.2) is 146 Å². The number of benzene rings is 4. The number of carbonyl (C=O) groups is 4. The first-order valence-corrected chi connectivity index (χ1v) is 46.4. The predicted molar refractivity (Wildman–Crippen MR) is 447 cm³/mol. The number of carboxylic acids is 2. The maximum atomic E-state index is 14.9. The monoisotopic (exact) mass is 1560 g/mol. The van der Waals surface area contributed by atoms with Gasteiger partial charge in [0.15, 0.2) is 19.7 Å². The summed E-state index contributed by atoms with van der Waals surface area (Å²) in [6.07, 6.45) is 24.6. The zero-order valence-electron chi connectivity index (χ0n) is 69.1. The van der Waals surface area contributed by atoms with Crippen molar-refractivity contribution >= 4 is 54.6 Å². The lowest BCUT2D eigenvalue weighted by Crippen LogP contribution is -2.68. The number of nitrogens with one attached hydrogen (secondary N) is 2. The molecule has 16 rings (SSSR count). The molecule has 0 bridgehead atoms. The van der Waals surface area contributed by atoms with E-state index in [0.717, 1.165) is 99.3 Å². The van der Waals surface area contributed by atoms with E-state index < -0.39 is 43.7 Å². The molecule has 2 saturated heterocycles. The molecule has 0 spiro atoms. The molecule has 2 aliphatic heterocycles. The number of hydrogen-bond donors (Lipinski definition) is 4. The largest absolute Gasteiger partial charge is 0.478 e. The quantitative estimate of drug-likeness (QED) is 0.0870. The van der Waals surface area contributed by atoms with Gasteiger partial charge in [-0.25, -0.2) is 26.4 Å². The Kier molecular flexibility index (Phi) is 20.7. The van der Waals surface area contributed by atoms with Crippen LogP contribution in [-0.2, 0) is 29.3 Å². The number of sulfone groups is 2. The number of nitrogens with zero attached hydrogens (tertiary/aromatic N) is 2. The van der Waals surface area contributed by atoms with Crippen LogP contribution in [0.1, 0.15) is 254 Å². The Morgan fingerprint density at radius 3 is 1.08 bits per heavy atom. The molecule has 16 heteroatoms. The average molecular weight is 1560 g/mol. The molecule has 2 amide bonds. The van der Waals surface area contributed by atoms with Crippen LogP contribution < -0.4 is 10.6 Å². The Morgan fingerprint density at radius 1 is 0.420 bits per heavy atom. The number of aromatic carboxylic acids is 2. The highest BCUT2D eigenvalue weighted by Gasteiger charge is 2.73.